The number of nitrogens with two attached hydrogens (primary N) is 1. The van der Waals surface area contributed by atoms with Gasteiger partial charge in [0.25, 0.3) is 0 Å². The molecule has 2 heteroatoms. The largest absolute Gasteiger partial charge is 0.271 e. The van der Waals surface area contributed by atoms with Crippen LogP contribution in [-0.4, -0.2) is 0 Å². The Balaban J connectivity index is 1.89. The fourth-order valence-corrected chi connectivity index (χ4v) is 3.48. The van der Waals surface area contributed by atoms with Crippen molar-refractivity contribution in [2.45, 2.75) is 32.7 Å². The Labute approximate surface area is 121 Å². The summed E-state index contributed by atoms with van der Waals surface area (Å²) in [4.78, 5) is 0. The fourth-order valence-electron chi connectivity index (χ4n) is 3.48. The van der Waals surface area contributed by atoms with E-state index in [1.54, 1.807) is 0 Å². The monoisotopic (exact) mass is 266 g/mol. The van der Waals surface area contributed by atoms with Crippen molar-refractivity contribution < 1.29 is 0 Å². The number of benzene rings is 2. The highest BCUT2D eigenvalue weighted by Crippen LogP contribution is 2.36. The molecular formula is C18H22N2. The Morgan fingerprint density at radius 3 is 2.25 bits per heavy atom. The lowest BCUT2D eigenvalue weighted by molar-refractivity contribution is 0.378. The third-order valence-corrected chi connectivity index (χ3v) is 4.49. The van der Waals surface area contributed by atoms with Gasteiger partial charge in [-0.2, -0.15) is 0 Å². The molecule has 1 aliphatic rings. The van der Waals surface area contributed by atoms with Crippen LogP contribution in [0.1, 0.15) is 33.9 Å². The molecule has 3 N–H and O–H groups in total. The van der Waals surface area contributed by atoms with Gasteiger partial charge in [-0.3, -0.25) is 11.3 Å². The zero-order valence-electron chi connectivity index (χ0n) is 12.2. The summed E-state index contributed by atoms with van der Waals surface area (Å²) >= 11 is 0. The van der Waals surface area contributed by atoms with Crippen molar-refractivity contribution in [1.82, 2.24) is 5.43 Å². The fraction of sp³-hybridized carbons (Fsp3) is 0.333. The van der Waals surface area contributed by atoms with Crippen LogP contribution in [0, 0.1) is 19.8 Å². The lowest BCUT2D eigenvalue weighted by Crippen LogP contribution is -2.34. The van der Waals surface area contributed by atoms with E-state index in [4.69, 9.17) is 5.84 Å². The minimum absolute atomic E-state index is 0.225. The van der Waals surface area contributed by atoms with E-state index in [1.165, 1.54) is 27.8 Å². The Hall–Kier alpha value is -1.64. The molecule has 0 amide bonds. The summed E-state index contributed by atoms with van der Waals surface area (Å²) in [5.74, 6) is 6.42. The molecule has 1 unspecified atom stereocenters. The molecule has 0 spiro atoms. The molecule has 0 aliphatic heterocycles. The van der Waals surface area contributed by atoms with E-state index in [9.17, 15) is 0 Å². The standard InChI is InChI=1S/C18H22N2/c1-12-7-8-17(13(2)9-12)18(20-19)16-10-14-5-3-4-6-15(14)11-16/h3-9,16,18,20H,10-11,19H2,1-2H3. The average Bonchev–Trinajstić information content (AvgIpc) is 2.85. The molecule has 1 atom stereocenters. The molecule has 0 aromatic heterocycles. The summed E-state index contributed by atoms with van der Waals surface area (Å²) < 4.78 is 0. The van der Waals surface area contributed by atoms with Crippen LogP contribution in [-0.2, 0) is 12.8 Å². The highest BCUT2D eigenvalue weighted by molar-refractivity contribution is 5.37. The molecule has 0 heterocycles. The van der Waals surface area contributed by atoms with Crippen LogP contribution < -0.4 is 11.3 Å². The quantitative estimate of drug-likeness (QED) is 0.661. The molecule has 0 radical (unpaired) electrons. The van der Waals surface area contributed by atoms with Crippen molar-refractivity contribution >= 4 is 0 Å². The number of fused-ring (bicyclic) bond motifs is 1. The number of rotatable bonds is 3. The van der Waals surface area contributed by atoms with Crippen molar-refractivity contribution in [2.75, 3.05) is 0 Å². The first kappa shape index (κ1) is 13.3. The van der Waals surface area contributed by atoms with E-state index in [0.717, 1.165) is 12.8 Å². The summed E-state index contributed by atoms with van der Waals surface area (Å²) in [5, 5.41) is 0. The minimum atomic E-state index is 0.225. The average molecular weight is 266 g/mol. The smallest absolute Gasteiger partial charge is 0.0497 e. The Morgan fingerprint density at radius 1 is 1.05 bits per heavy atom. The Bertz CT molecular complexity index is 594. The number of hydrazine groups is 1. The SMILES string of the molecule is Cc1ccc(C(NN)C2Cc3ccccc3C2)c(C)c1. The maximum atomic E-state index is 5.88. The second kappa shape index (κ2) is 5.39. The summed E-state index contributed by atoms with van der Waals surface area (Å²) in [7, 11) is 0. The molecule has 0 fully saturated rings. The molecule has 2 aromatic rings. The predicted molar refractivity (Wildman–Crippen MR) is 83.3 cm³/mol. The maximum absolute atomic E-state index is 5.88. The molecule has 0 bridgehead atoms. The van der Waals surface area contributed by atoms with E-state index >= 15 is 0 Å². The zero-order chi connectivity index (χ0) is 14.1. The second-order valence-corrected chi connectivity index (χ2v) is 5.94. The number of aryl methyl sites for hydroxylation is 2. The lowest BCUT2D eigenvalue weighted by Gasteiger charge is -2.25. The highest BCUT2D eigenvalue weighted by Gasteiger charge is 2.29. The number of hydrogen-bond donors (Lipinski definition) is 2. The van der Waals surface area contributed by atoms with Crippen LogP contribution in [0.25, 0.3) is 0 Å². The first-order valence-electron chi connectivity index (χ1n) is 7.29. The lowest BCUT2D eigenvalue weighted by atomic mass is 9.88. The first-order valence-corrected chi connectivity index (χ1v) is 7.29. The van der Waals surface area contributed by atoms with Gasteiger partial charge in [-0.1, -0.05) is 48.0 Å². The summed E-state index contributed by atoms with van der Waals surface area (Å²) in [6, 6.07) is 15.6. The third-order valence-electron chi connectivity index (χ3n) is 4.49. The molecule has 0 saturated carbocycles. The van der Waals surface area contributed by atoms with Crippen LogP contribution in [0.15, 0.2) is 42.5 Å². The van der Waals surface area contributed by atoms with Gasteiger partial charge in [0.15, 0.2) is 0 Å². The van der Waals surface area contributed by atoms with E-state index < -0.39 is 0 Å². The number of nitrogens with one attached hydrogen (secondary N) is 1. The molecular weight excluding hydrogens is 244 g/mol. The van der Waals surface area contributed by atoms with Gasteiger partial charge in [-0.15, -0.1) is 0 Å². The van der Waals surface area contributed by atoms with Gasteiger partial charge in [0.2, 0.25) is 0 Å². The highest BCUT2D eigenvalue weighted by atomic mass is 15.2. The molecule has 0 saturated heterocycles. The van der Waals surface area contributed by atoms with Gasteiger partial charge in [0.1, 0.15) is 0 Å². The van der Waals surface area contributed by atoms with Crippen molar-refractivity contribution in [1.29, 1.82) is 0 Å². The van der Waals surface area contributed by atoms with Crippen LogP contribution in [0.5, 0.6) is 0 Å². The predicted octanol–water partition coefficient (Wildman–Crippen LogP) is 3.22. The van der Waals surface area contributed by atoms with Crippen LogP contribution in [0.2, 0.25) is 0 Å². The summed E-state index contributed by atoms with van der Waals surface area (Å²) in [6.45, 7) is 4.31. The molecule has 2 nitrogen and oxygen atoms in total. The first-order chi connectivity index (χ1) is 9.69. The van der Waals surface area contributed by atoms with E-state index in [-0.39, 0.29) is 6.04 Å². The van der Waals surface area contributed by atoms with Gasteiger partial charge in [-0.05, 0) is 54.9 Å². The van der Waals surface area contributed by atoms with E-state index in [1.807, 2.05) is 0 Å². The minimum Gasteiger partial charge on any atom is -0.271 e. The maximum Gasteiger partial charge on any atom is 0.0497 e. The summed E-state index contributed by atoms with van der Waals surface area (Å²) in [6.07, 6.45) is 2.22. The van der Waals surface area contributed by atoms with Gasteiger partial charge in [0, 0.05) is 6.04 Å². The van der Waals surface area contributed by atoms with Crippen molar-refractivity contribution in [2.24, 2.45) is 11.8 Å². The number of hydrogen-bond acceptors (Lipinski definition) is 2. The van der Waals surface area contributed by atoms with Gasteiger partial charge in [0.05, 0.1) is 0 Å². The van der Waals surface area contributed by atoms with Gasteiger partial charge >= 0.3 is 0 Å². The van der Waals surface area contributed by atoms with Crippen LogP contribution in [0.3, 0.4) is 0 Å². The molecule has 3 rings (SSSR count). The zero-order valence-corrected chi connectivity index (χ0v) is 12.2. The van der Waals surface area contributed by atoms with Gasteiger partial charge in [-0.25, -0.2) is 0 Å². The van der Waals surface area contributed by atoms with E-state index in [2.05, 4.69) is 61.7 Å². The Morgan fingerprint density at radius 2 is 1.70 bits per heavy atom. The van der Waals surface area contributed by atoms with Crippen LogP contribution >= 0.6 is 0 Å². The topological polar surface area (TPSA) is 38.0 Å². The molecule has 104 valence electrons. The normalized spacial score (nSPS) is 16.1. The van der Waals surface area contributed by atoms with Crippen molar-refractivity contribution in [3.05, 3.63) is 70.3 Å². The third kappa shape index (κ3) is 2.37. The molecule has 2 aromatic carbocycles. The molecule has 20 heavy (non-hydrogen) atoms. The van der Waals surface area contributed by atoms with Crippen molar-refractivity contribution in [3.8, 4) is 0 Å². The summed E-state index contributed by atoms with van der Waals surface area (Å²) in [5.41, 5.74) is 9.96. The van der Waals surface area contributed by atoms with E-state index in [0.29, 0.717) is 5.92 Å². The molecule has 1 aliphatic carbocycles. The Kier molecular flexibility index (Phi) is 3.60. The van der Waals surface area contributed by atoms with Gasteiger partial charge < -0.3 is 0 Å². The van der Waals surface area contributed by atoms with Crippen LogP contribution in [0.4, 0.5) is 0 Å². The van der Waals surface area contributed by atoms with Crippen molar-refractivity contribution in [3.63, 3.8) is 0 Å². The second-order valence-electron chi connectivity index (χ2n) is 5.94.